The first-order valence-electron chi connectivity index (χ1n) is 10.2. The number of fused-ring (bicyclic) bond motifs is 1. The van der Waals surface area contributed by atoms with E-state index < -0.39 is 23.6 Å². The number of benzene rings is 2. The van der Waals surface area contributed by atoms with Gasteiger partial charge in [0.05, 0.1) is 6.07 Å². The standard InChI is InChI=1S/C24H26FN3O3/c1-15(29)28-10-9-19-11-16(7-8-22(19)28)17-5-6-18(21(25)13-17)12-20(14-26)27-23(30)31-24(2,3)4/h5-8,11,13,20H,9-10,12H2,1-4H3,(H,27,30)/t20-/m0/s1. The second-order valence-electron chi connectivity index (χ2n) is 8.60. The van der Waals surface area contributed by atoms with E-state index in [1.807, 2.05) is 24.3 Å². The van der Waals surface area contributed by atoms with Gasteiger partial charge in [0.2, 0.25) is 5.91 Å². The topological polar surface area (TPSA) is 82.4 Å². The number of carbonyl (C=O) groups is 2. The van der Waals surface area contributed by atoms with E-state index in [9.17, 15) is 19.2 Å². The SMILES string of the molecule is CC(=O)N1CCc2cc(-c3ccc(C[C@@H](C#N)NC(=O)OC(C)(C)C)c(F)c3)ccc21. The minimum atomic E-state index is -0.909. The Bertz CT molecular complexity index is 1050. The number of carbonyl (C=O) groups excluding carboxylic acids is 2. The Labute approximate surface area is 181 Å². The molecule has 6 nitrogen and oxygen atoms in total. The number of nitrogens with one attached hydrogen (secondary N) is 1. The highest BCUT2D eigenvalue weighted by molar-refractivity contribution is 5.94. The average Bonchev–Trinajstić information content (AvgIpc) is 3.10. The fourth-order valence-electron chi connectivity index (χ4n) is 3.60. The van der Waals surface area contributed by atoms with Gasteiger partial charge in [0.1, 0.15) is 17.5 Å². The van der Waals surface area contributed by atoms with Gasteiger partial charge in [0.25, 0.3) is 0 Å². The van der Waals surface area contributed by atoms with Gasteiger partial charge in [-0.1, -0.05) is 18.2 Å². The van der Waals surface area contributed by atoms with Gasteiger partial charge in [0.15, 0.2) is 0 Å². The molecule has 0 spiro atoms. The van der Waals surface area contributed by atoms with Crippen LogP contribution in [0.25, 0.3) is 11.1 Å². The molecule has 0 fully saturated rings. The van der Waals surface area contributed by atoms with Crippen molar-refractivity contribution in [3.8, 4) is 17.2 Å². The third-order valence-corrected chi connectivity index (χ3v) is 5.01. The van der Waals surface area contributed by atoms with Crippen LogP contribution in [0.3, 0.4) is 0 Å². The zero-order valence-electron chi connectivity index (χ0n) is 18.2. The zero-order chi connectivity index (χ0) is 22.8. The maximum atomic E-state index is 14.8. The molecule has 0 radical (unpaired) electrons. The predicted molar refractivity (Wildman–Crippen MR) is 116 cm³/mol. The summed E-state index contributed by atoms with van der Waals surface area (Å²) in [7, 11) is 0. The Morgan fingerprint density at radius 3 is 2.52 bits per heavy atom. The molecule has 0 bridgehead atoms. The van der Waals surface area contributed by atoms with Crippen LogP contribution >= 0.6 is 0 Å². The summed E-state index contributed by atoms with van der Waals surface area (Å²) in [6, 6.07) is 11.6. The van der Waals surface area contributed by atoms with Gasteiger partial charge in [-0.05, 0) is 67.6 Å². The summed E-state index contributed by atoms with van der Waals surface area (Å²) in [5.74, 6) is -0.441. The normalized spacial score (nSPS) is 13.9. The molecule has 2 amide bonds. The first-order chi connectivity index (χ1) is 14.6. The number of alkyl carbamates (subject to hydrolysis) is 1. The van der Waals surface area contributed by atoms with Crippen molar-refractivity contribution in [3.05, 3.63) is 53.3 Å². The minimum Gasteiger partial charge on any atom is -0.444 e. The lowest BCUT2D eigenvalue weighted by Crippen LogP contribution is -2.39. The molecule has 0 saturated carbocycles. The molecule has 1 aliphatic heterocycles. The maximum absolute atomic E-state index is 14.8. The summed E-state index contributed by atoms with van der Waals surface area (Å²) in [6.07, 6.45) is 0.0807. The van der Waals surface area contributed by atoms with Gasteiger partial charge in [-0.15, -0.1) is 0 Å². The highest BCUT2D eigenvalue weighted by atomic mass is 19.1. The van der Waals surface area contributed by atoms with Crippen LogP contribution in [-0.4, -0.2) is 30.2 Å². The monoisotopic (exact) mass is 423 g/mol. The Morgan fingerprint density at radius 2 is 1.90 bits per heavy atom. The number of rotatable bonds is 4. The van der Waals surface area contributed by atoms with E-state index >= 15 is 0 Å². The first kappa shape index (κ1) is 22.3. The lowest BCUT2D eigenvalue weighted by Gasteiger charge is -2.21. The van der Waals surface area contributed by atoms with Gasteiger partial charge < -0.3 is 15.0 Å². The number of halogens is 1. The quantitative estimate of drug-likeness (QED) is 0.792. The summed E-state index contributed by atoms with van der Waals surface area (Å²) in [5, 5.41) is 11.8. The van der Waals surface area contributed by atoms with E-state index in [2.05, 4.69) is 5.32 Å². The number of anilines is 1. The molecule has 0 aliphatic carbocycles. The largest absolute Gasteiger partial charge is 0.444 e. The molecule has 2 aromatic rings. The maximum Gasteiger partial charge on any atom is 0.408 e. The second-order valence-corrected chi connectivity index (χ2v) is 8.60. The summed E-state index contributed by atoms with van der Waals surface area (Å²) < 4.78 is 19.9. The van der Waals surface area contributed by atoms with E-state index in [4.69, 9.17) is 4.74 Å². The summed E-state index contributed by atoms with van der Waals surface area (Å²) in [4.78, 5) is 25.3. The van der Waals surface area contributed by atoms with E-state index in [0.717, 1.165) is 23.2 Å². The van der Waals surface area contributed by atoms with Crippen molar-refractivity contribution in [2.75, 3.05) is 11.4 Å². The van der Waals surface area contributed by atoms with Gasteiger partial charge >= 0.3 is 6.09 Å². The molecule has 1 heterocycles. The molecule has 0 aromatic heterocycles. The molecule has 0 unspecified atom stereocenters. The number of ether oxygens (including phenoxy) is 1. The smallest absolute Gasteiger partial charge is 0.408 e. The summed E-state index contributed by atoms with van der Waals surface area (Å²) in [5.41, 5.74) is 3.17. The predicted octanol–water partition coefficient (Wildman–Crippen LogP) is 4.36. The Hall–Kier alpha value is -3.40. The molecule has 0 saturated heterocycles. The molecule has 3 rings (SSSR count). The van der Waals surface area contributed by atoms with E-state index in [0.29, 0.717) is 17.7 Å². The van der Waals surface area contributed by atoms with Crippen LogP contribution in [0.4, 0.5) is 14.9 Å². The van der Waals surface area contributed by atoms with Crippen molar-refractivity contribution < 1.29 is 18.7 Å². The van der Waals surface area contributed by atoms with Crippen LogP contribution in [0.1, 0.15) is 38.8 Å². The lowest BCUT2D eigenvalue weighted by atomic mass is 9.98. The number of amides is 2. The van der Waals surface area contributed by atoms with Gasteiger partial charge in [-0.25, -0.2) is 9.18 Å². The molecule has 162 valence electrons. The van der Waals surface area contributed by atoms with Crippen LogP contribution in [0.5, 0.6) is 0 Å². The molecule has 1 N–H and O–H groups in total. The second kappa shape index (κ2) is 8.76. The van der Waals surface area contributed by atoms with Crippen LogP contribution < -0.4 is 10.2 Å². The molecule has 1 atom stereocenters. The van der Waals surface area contributed by atoms with E-state index in [1.54, 1.807) is 44.7 Å². The average molecular weight is 423 g/mol. The fourth-order valence-corrected chi connectivity index (χ4v) is 3.60. The van der Waals surface area contributed by atoms with Crippen molar-refractivity contribution in [1.82, 2.24) is 5.32 Å². The molecule has 7 heteroatoms. The third-order valence-electron chi connectivity index (χ3n) is 5.01. The molecular formula is C24H26FN3O3. The third kappa shape index (κ3) is 5.40. The summed E-state index contributed by atoms with van der Waals surface area (Å²) >= 11 is 0. The first-order valence-corrected chi connectivity index (χ1v) is 10.2. The Morgan fingerprint density at radius 1 is 1.23 bits per heavy atom. The highest BCUT2D eigenvalue weighted by Gasteiger charge is 2.23. The number of hydrogen-bond acceptors (Lipinski definition) is 4. The van der Waals surface area contributed by atoms with Gasteiger partial charge in [0, 0.05) is 25.6 Å². The van der Waals surface area contributed by atoms with Crippen LogP contribution in [0.15, 0.2) is 36.4 Å². The van der Waals surface area contributed by atoms with Gasteiger partial charge in [-0.2, -0.15) is 5.26 Å². The fraction of sp³-hybridized carbons (Fsp3) is 0.375. The van der Waals surface area contributed by atoms with Crippen molar-refractivity contribution in [1.29, 1.82) is 5.26 Å². The lowest BCUT2D eigenvalue weighted by molar-refractivity contribution is -0.116. The van der Waals surface area contributed by atoms with Crippen molar-refractivity contribution in [2.45, 2.75) is 52.2 Å². The molecular weight excluding hydrogens is 397 g/mol. The van der Waals surface area contributed by atoms with Gasteiger partial charge in [-0.3, -0.25) is 4.79 Å². The number of nitriles is 1. The minimum absolute atomic E-state index is 0.00827. The van der Waals surface area contributed by atoms with E-state index in [-0.39, 0.29) is 12.3 Å². The van der Waals surface area contributed by atoms with Crippen molar-refractivity contribution >= 4 is 17.7 Å². The van der Waals surface area contributed by atoms with Crippen LogP contribution in [0.2, 0.25) is 0 Å². The molecule has 2 aromatic carbocycles. The highest BCUT2D eigenvalue weighted by Crippen LogP contribution is 2.33. The zero-order valence-corrected chi connectivity index (χ0v) is 18.2. The number of hydrogen-bond donors (Lipinski definition) is 1. The van der Waals surface area contributed by atoms with E-state index in [1.165, 1.54) is 6.07 Å². The van der Waals surface area contributed by atoms with Crippen molar-refractivity contribution in [3.63, 3.8) is 0 Å². The Kier molecular flexibility index (Phi) is 6.30. The molecule has 1 aliphatic rings. The Balaban J connectivity index is 1.74. The van der Waals surface area contributed by atoms with Crippen LogP contribution in [-0.2, 0) is 22.4 Å². The summed E-state index contributed by atoms with van der Waals surface area (Å²) in [6.45, 7) is 7.37. The molecule has 31 heavy (non-hydrogen) atoms. The number of nitrogens with zero attached hydrogens (tertiary/aromatic N) is 2. The van der Waals surface area contributed by atoms with Crippen molar-refractivity contribution in [2.24, 2.45) is 0 Å². The van der Waals surface area contributed by atoms with Crippen LogP contribution in [0, 0.1) is 17.1 Å².